The fourth-order valence-corrected chi connectivity index (χ4v) is 3.70. The molecule has 0 atom stereocenters. The van der Waals surface area contributed by atoms with Gasteiger partial charge in [0.2, 0.25) is 0 Å². The van der Waals surface area contributed by atoms with E-state index in [1.165, 1.54) is 36.3 Å². The summed E-state index contributed by atoms with van der Waals surface area (Å²) < 4.78 is 4.99. The lowest BCUT2D eigenvalue weighted by Gasteiger charge is -2.13. The van der Waals surface area contributed by atoms with Gasteiger partial charge in [-0.15, -0.1) is 0 Å². The van der Waals surface area contributed by atoms with E-state index in [0.29, 0.717) is 20.5 Å². The summed E-state index contributed by atoms with van der Waals surface area (Å²) in [5, 5.41) is 10.8. The minimum absolute atomic E-state index is 0.0644. The molecule has 0 spiro atoms. The van der Waals surface area contributed by atoms with Crippen LogP contribution in [-0.4, -0.2) is 28.2 Å². The average molecular weight is 400 g/mol. The van der Waals surface area contributed by atoms with Gasteiger partial charge >= 0.3 is 5.97 Å². The number of nitro groups is 1. The molecular formula is C18H12N2O5S2. The van der Waals surface area contributed by atoms with E-state index < -0.39 is 10.9 Å². The maximum Gasteiger partial charge on any atom is 0.337 e. The van der Waals surface area contributed by atoms with Gasteiger partial charge in [-0.25, -0.2) is 4.79 Å². The van der Waals surface area contributed by atoms with E-state index in [2.05, 4.69) is 4.74 Å². The highest BCUT2D eigenvalue weighted by molar-refractivity contribution is 8.27. The van der Waals surface area contributed by atoms with E-state index in [9.17, 15) is 19.7 Å². The average Bonchev–Trinajstić information content (AvgIpc) is 2.95. The summed E-state index contributed by atoms with van der Waals surface area (Å²) in [5.41, 5.74) is 1.54. The number of nitro benzene ring substituents is 1. The molecule has 3 rings (SSSR count). The number of hydrogen-bond donors (Lipinski definition) is 0. The summed E-state index contributed by atoms with van der Waals surface area (Å²) in [5.74, 6) is -0.748. The molecule has 0 saturated carbocycles. The van der Waals surface area contributed by atoms with Gasteiger partial charge in [0.25, 0.3) is 11.6 Å². The molecule has 1 amide bonds. The third-order valence-corrected chi connectivity index (χ3v) is 5.04. The van der Waals surface area contributed by atoms with Gasteiger partial charge in [0, 0.05) is 12.1 Å². The van der Waals surface area contributed by atoms with Gasteiger partial charge in [-0.1, -0.05) is 36.1 Å². The van der Waals surface area contributed by atoms with E-state index in [-0.39, 0.29) is 11.6 Å². The van der Waals surface area contributed by atoms with E-state index >= 15 is 0 Å². The standard InChI is InChI=1S/C18H12N2O5S2/c1-25-17(22)12-4-2-11(3-5-12)10-15-16(21)19(18(26)27-15)13-6-8-14(9-7-13)20(23)24/h2-10H,1H3/b15-10-. The first-order valence-electron chi connectivity index (χ1n) is 7.61. The fourth-order valence-electron chi connectivity index (χ4n) is 2.40. The second-order valence-corrected chi connectivity index (χ2v) is 7.08. The number of thiocarbonyl (C=S) groups is 1. The lowest BCUT2D eigenvalue weighted by atomic mass is 10.1. The van der Waals surface area contributed by atoms with Crippen LogP contribution in [0, 0.1) is 10.1 Å². The number of benzene rings is 2. The Hall–Kier alpha value is -3.04. The largest absolute Gasteiger partial charge is 0.465 e. The Labute approximate surface area is 163 Å². The molecule has 0 radical (unpaired) electrons. The zero-order valence-corrected chi connectivity index (χ0v) is 15.6. The van der Waals surface area contributed by atoms with Crippen LogP contribution >= 0.6 is 24.0 Å². The molecule has 1 aliphatic rings. The molecule has 0 aliphatic carbocycles. The maximum absolute atomic E-state index is 12.7. The molecule has 1 saturated heterocycles. The number of esters is 1. The van der Waals surface area contributed by atoms with E-state index in [4.69, 9.17) is 12.2 Å². The number of nitrogens with zero attached hydrogens (tertiary/aromatic N) is 2. The van der Waals surface area contributed by atoms with Crippen molar-refractivity contribution in [3.05, 3.63) is 74.7 Å². The van der Waals surface area contributed by atoms with Crippen molar-refractivity contribution in [3.8, 4) is 0 Å². The molecule has 2 aromatic carbocycles. The third-order valence-electron chi connectivity index (χ3n) is 3.74. The molecule has 27 heavy (non-hydrogen) atoms. The van der Waals surface area contributed by atoms with Gasteiger partial charge in [-0.3, -0.25) is 19.8 Å². The quantitative estimate of drug-likeness (QED) is 0.254. The highest BCUT2D eigenvalue weighted by Gasteiger charge is 2.33. The van der Waals surface area contributed by atoms with Crippen LogP contribution in [-0.2, 0) is 9.53 Å². The van der Waals surface area contributed by atoms with Crippen molar-refractivity contribution in [3.63, 3.8) is 0 Å². The van der Waals surface area contributed by atoms with Crippen LogP contribution < -0.4 is 4.90 Å². The number of anilines is 1. The van der Waals surface area contributed by atoms with E-state index in [0.717, 1.165) is 17.3 Å². The summed E-state index contributed by atoms with van der Waals surface area (Å²) in [6.07, 6.45) is 1.67. The Morgan fingerprint density at radius 2 is 1.81 bits per heavy atom. The number of carbonyl (C=O) groups is 2. The molecule has 2 aromatic rings. The first-order chi connectivity index (χ1) is 12.9. The monoisotopic (exact) mass is 400 g/mol. The van der Waals surface area contributed by atoms with Crippen molar-refractivity contribution in [1.82, 2.24) is 0 Å². The molecular weight excluding hydrogens is 388 g/mol. The van der Waals surface area contributed by atoms with E-state index in [1.54, 1.807) is 30.3 Å². The van der Waals surface area contributed by atoms with Crippen LogP contribution in [0.25, 0.3) is 6.08 Å². The van der Waals surface area contributed by atoms with Crippen LogP contribution in [0.2, 0.25) is 0 Å². The molecule has 0 N–H and O–H groups in total. The predicted octanol–water partition coefficient (Wildman–Crippen LogP) is 3.79. The summed E-state index contributed by atoms with van der Waals surface area (Å²) in [6.45, 7) is 0. The van der Waals surface area contributed by atoms with Crippen LogP contribution in [0.15, 0.2) is 53.4 Å². The second kappa shape index (κ2) is 7.68. The summed E-state index contributed by atoms with van der Waals surface area (Å²) in [4.78, 5) is 36.2. The minimum atomic E-state index is -0.508. The fraction of sp³-hybridized carbons (Fsp3) is 0.0556. The molecule has 0 aromatic heterocycles. The van der Waals surface area contributed by atoms with Crippen molar-refractivity contribution < 1.29 is 19.2 Å². The lowest BCUT2D eigenvalue weighted by molar-refractivity contribution is -0.384. The first kappa shape index (κ1) is 18.7. The number of methoxy groups -OCH3 is 1. The summed E-state index contributed by atoms with van der Waals surface area (Å²) >= 11 is 6.42. The lowest BCUT2D eigenvalue weighted by Crippen LogP contribution is -2.27. The summed E-state index contributed by atoms with van der Waals surface area (Å²) in [7, 11) is 1.31. The maximum atomic E-state index is 12.7. The smallest absolute Gasteiger partial charge is 0.337 e. The topological polar surface area (TPSA) is 89.8 Å². The number of ether oxygens (including phenoxy) is 1. The predicted molar refractivity (Wildman–Crippen MR) is 107 cm³/mol. The molecule has 0 bridgehead atoms. The number of rotatable bonds is 4. The van der Waals surface area contributed by atoms with Gasteiger partial charge in [0.15, 0.2) is 4.32 Å². The van der Waals surface area contributed by atoms with Gasteiger partial charge < -0.3 is 4.74 Å². The van der Waals surface area contributed by atoms with Crippen LogP contribution in [0.5, 0.6) is 0 Å². The molecule has 136 valence electrons. The van der Waals surface area contributed by atoms with E-state index in [1.807, 2.05) is 0 Å². The van der Waals surface area contributed by atoms with Crippen LogP contribution in [0.3, 0.4) is 0 Å². The minimum Gasteiger partial charge on any atom is -0.465 e. The second-order valence-electron chi connectivity index (χ2n) is 5.40. The molecule has 7 nitrogen and oxygen atoms in total. The number of amides is 1. The van der Waals surface area contributed by atoms with Gasteiger partial charge in [0.1, 0.15) is 0 Å². The van der Waals surface area contributed by atoms with Crippen molar-refractivity contribution in [2.24, 2.45) is 0 Å². The zero-order valence-electron chi connectivity index (χ0n) is 13.9. The van der Waals surface area contributed by atoms with Crippen molar-refractivity contribution in [2.45, 2.75) is 0 Å². The van der Waals surface area contributed by atoms with Crippen molar-refractivity contribution >= 4 is 57.6 Å². The SMILES string of the molecule is COC(=O)c1ccc(/C=C2\SC(=S)N(c3ccc([N+](=O)[O-])cc3)C2=O)cc1. The highest BCUT2D eigenvalue weighted by atomic mass is 32.2. The summed E-state index contributed by atoms with van der Waals surface area (Å²) in [6, 6.07) is 12.2. The Bertz CT molecular complexity index is 968. The van der Waals surface area contributed by atoms with Gasteiger partial charge in [0.05, 0.1) is 28.2 Å². The number of hydrogen-bond acceptors (Lipinski definition) is 7. The molecule has 0 unspecified atom stereocenters. The molecule has 1 heterocycles. The first-order valence-corrected chi connectivity index (χ1v) is 8.84. The van der Waals surface area contributed by atoms with Gasteiger partial charge in [-0.2, -0.15) is 0 Å². The molecule has 1 aliphatic heterocycles. The molecule has 9 heteroatoms. The normalized spacial score (nSPS) is 15.3. The number of non-ortho nitro benzene ring substituents is 1. The van der Waals surface area contributed by atoms with Gasteiger partial charge in [-0.05, 0) is 35.9 Å². The Balaban J connectivity index is 1.84. The Morgan fingerprint density at radius 1 is 1.19 bits per heavy atom. The number of carbonyl (C=O) groups excluding carboxylic acids is 2. The highest BCUT2D eigenvalue weighted by Crippen LogP contribution is 2.36. The third kappa shape index (κ3) is 3.88. The zero-order chi connectivity index (χ0) is 19.6. The number of thioether (sulfide) groups is 1. The van der Waals surface area contributed by atoms with Crippen LogP contribution in [0.1, 0.15) is 15.9 Å². The Morgan fingerprint density at radius 3 is 2.37 bits per heavy atom. The molecule has 1 fully saturated rings. The van der Waals surface area contributed by atoms with Crippen LogP contribution in [0.4, 0.5) is 11.4 Å². The van der Waals surface area contributed by atoms with Crippen molar-refractivity contribution in [1.29, 1.82) is 0 Å². The van der Waals surface area contributed by atoms with Crippen molar-refractivity contribution in [2.75, 3.05) is 12.0 Å². The Kier molecular flexibility index (Phi) is 5.33.